The monoisotopic (exact) mass is 292 g/mol. The summed E-state index contributed by atoms with van der Waals surface area (Å²) in [5.41, 5.74) is 5.90. The lowest BCUT2D eigenvalue weighted by molar-refractivity contribution is -0.150. The van der Waals surface area contributed by atoms with Gasteiger partial charge in [0.25, 0.3) is 5.91 Å². The Morgan fingerprint density at radius 1 is 1.33 bits per heavy atom. The fourth-order valence-electron chi connectivity index (χ4n) is 2.44. The van der Waals surface area contributed by atoms with Crippen molar-refractivity contribution in [2.45, 2.75) is 19.8 Å². The molecule has 1 fully saturated rings. The van der Waals surface area contributed by atoms with E-state index >= 15 is 0 Å². The van der Waals surface area contributed by atoms with Crippen molar-refractivity contribution >= 4 is 17.6 Å². The minimum atomic E-state index is -0.810. The van der Waals surface area contributed by atoms with Crippen molar-refractivity contribution in [1.29, 1.82) is 0 Å². The zero-order valence-corrected chi connectivity index (χ0v) is 12.3. The van der Waals surface area contributed by atoms with Gasteiger partial charge in [0.15, 0.2) is 0 Å². The first-order valence-electron chi connectivity index (χ1n) is 6.83. The van der Waals surface area contributed by atoms with E-state index in [1.807, 2.05) is 0 Å². The van der Waals surface area contributed by atoms with Gasteiger partial charge >= 0.3 is 5.97 Å². The molecule has 0 radical (unpaired) electrons. The Bertz CT molecular complexity index is 563. The molecule has 1 aliphatic heterocycles. The zero-order chi connectivity index (χ0) is 15.6. The molecule has 1 aromatic rings. The number of ether oxygens (including phenoxy) is 1. The Kier molecular flexibility index (Phi) is 4.06. The van der Waals surface area contributed by atoms with Crippen molar-refractivity contribution in [3.8, 4) is 5.75 Å². The van der Waals surface area contributed by atoms with Gasteiger partial charge in [0, 0.05) is 18.8 Å². The van der Waals surface area contributed by atoms with Crippen molar-refractivity contribution in [3.63, 3.8) is 0 Å². The molecule has 6 nitrogen and oxygen atoms in total. The van der Waals surface area contributed by atoms with Gasteiger partial charge < -0.3 is 20.5 Å². The van der Waals surface area contributed by atoms with E-state index in [0.717, 1.165) is 0 Å². The Balaban J connectivity index is 2.14. The van der Waals surface area contributed by atoms with E-state index in [4.69, 9.17) is 10.5 Å². The third-order valence-corrected chi connectivity index (χ3v) is 4.16. The van der Waals surface area contributed by atoms with E-state index in [1.54, 1.807) is 30.0 Å². The summed E-state index contributed by atoms with van der Waals surface area (Å²) in [6.45, 7) is 2.55. The first-order valence-corrected chi connectivity index (χ1v) is 6.83. The number of hydrogen-bond acceptors (Lipinski definition) is 4. The fourth-order valence-corrected chi connectivity index (χ4v) is 2.44. The predicted octanol–water partition coefficient (Wildman–Crippen LogP) is 1.60. The normalized spacial score (nSPS) is 17.3. The summed E-state index contributed by atoms with van der Waals surface area (Å²) >= 11 is 0. The number of carboxylic acid groups (broad SMARTS) is 1. The molecule has 0 aliphatic carbocycles. The van der Waals surface area contributed by atoms with Crippen LogP contribution in [0.1, 0.15) is 30.1 Å². The van der Waals surface area contributed by atoms with Crippen LogP contribution < -0.4 is 10.5 Å². The maximum atomic E-state index is 12.5. The fraction of sp³-hybridized carbons (Fsp3) is 0.467. The van der Waals surface area contributed by atoms with Gasteiger partial charge in [-0.1, -0.05) is 0 Å². The van der Waals surface area contributed by atoms with Gasteiger partial charge in [0.1, 0.15) is 5.75 Å². The van der Waals surface area contributed by atoms with E-state index < -0.39 is 11.4 Å². The van der Waals surface area contributed by atoms with Gasteiger partial charge in [-0.25, -0.2) is 0 Å². The number of likely N-dealkylation sites (tertiary alicyclic amines) is 1. The lowest BCUT2D eigenvalue weighted by atomic mass is 9.80. The summed E-state index contributed by atoms with van der Waals surface area (Å²) in [6, 6.07) is 4.95. The molecule has 2 rings (SSSR count). The molecule has 3 N–H and O–H groups in total. The Morgan fingerprint density at radius 3 is 2.48 bits per heavy atom. The molecule has 1 aromatic carbocycles. The molecular formula is C15H20N2O4. The second-order valence-corrected chi connectivity index (χ2v) is 5.61. The number of rotatable bonds is 3. The number of hydrogen-bond donors (Lipinski definition) is 2. The number of benzene rings is 1. The number of methoxy groups -OCH3 is 1. The Morgan fingerprint density at radius 2 is 1.95 bits per heavy atom. The van der Waals surface area contributed by atoms with Gasteiger partial charge in [0.2, 0.25) is 0 Å². The van der Waals surface area contributed by atoms with E-state index in [1.165, 1.54) is 7.11 Å². The van der Waals surface area contributed by atoms with Crippen LogP contribution in [0.15, 0.2) is 18.2 Å². The van der Waals surface area contributed by atoms with Crippen LogP contribution >= 0.6 is 0 Å². The number of nitrogen functional groups attached to an aromatic ring is 1. The summed E-state index contributed by atoms with van der Waals surface area (Å²) in [5, 5.41) is 9.21. The molecule has 0 bridgehead atoms. The summed E-state index contributed by atoms with van der Waals surface area (Å²) in [7, 11) is 1.53. The highest BCUT2D eigenvalue weighted by molar-refractivity contribution is 5.99. The predicted molar refractivity (Wildman–Crippen MR) is 78.3 cm³/mol. The lowest BCUT2D eigenvalue weighted by Gasteiger charge is -2.36. The van der Waals surface area contributed by atoms with Crippen LogP contribution in [-0.2, 0) is 4.79 Å². The molecule has 114 valence electrons. The maximum Gasteiger partial charge on any atom is 0.309 e. The SMILES string of the molecule is COc1ccc(N)c(C(=O)N2CCC(C)(C(=O)O)CC2)c1. The standard InChI is InChI=1S/C15H20N2O4/c1-15(14(19)20)5-7-17(8-6-15)13(18)11-9-10(21-2)3-4-12(11)16/h3-4,9H,5-8,16H2,1-2H3,(H,19,20). The largest absolute Gasteiger partial charge is 0.497 e. The first-order chi connectivity index (χ1) is 9.87. The molecule has 6 heteroatoms. The van der Waals surface area contributed by atoms with Crippen LogP contribution in [0.5, 0.6) is 5.75 Å². The van der Waals surface area contributed by atoms with Gasteiger partial charge in [0.05, 0.1) is 18.1 Å². The second kappa shape index (κ2) is 5.63. The van der Waals surface area contributed by atoms with Crippen molar-refractivity contribution in [3.05, 3.63) is 23.8 Å². The highest BCUT2D eigenvalue weighted by Gasteiger charge is 2.38. The van der Waals surface area contributed by atoms with E-state index in [-0.39, 0.29) is 5.91 Å². The highest BCUT2D eigenvalue weighted by atomic mass is 16.5. The second-order valence-electron chi connectivity index (χ2n) is 5.61. The van der Waals surface area contributed by atoms with E-state index in [9.17, 15) is 14.7 Å². The molecule has 1 amide bonds. The third kappa shape index (κ3) is 2.94. The average molecular weight is 292 g/mol. The molecule has 21 heavy (non-hydrogen) atoms. The van der Waals surface area contributed by atoms with Crippen LogP contribution in [0, 0.1) is 5.41 Å². The number of anilines is 1. The zero-order valence-electron chi connectivity index (χ0n) is 12.3. The molecule has 1 aliphatic rings. The van der Waals surface area contributed by atoms with Crippen molar-refractivity contribution in [1.82, 2.24) is 4.90 Å². The quantitative estimate of drug-likeness (QED) is 0.825. The first kappa shape index (κ1) is 15.2. The van der Waals surface area contributed by atoms with Gasteiger partial charge in [-0.15, -0.1) is 0 Å². The lowest BCUT2D eigenvalue weighted by Crippen LogP contribution is -2.45. The van der Waals surface area contributed by atoms with Gasteiger partial charge in [-0.05, 0) is 38.0 Å². The Labute approximate surface area is 123 Å². The van der Waals surface area contributed by atoms with Crippen molar-refractivity contribution < 1.29 is 19.4 Å². The number of nitrogens with two attached hydrogens (primary N) is 1. The van der Waals surface area contributed by atoms with Crippen LogP contribution in [0.4, 0.5) is 5.69 Å². The van der Waals surface area contributed by atoms with E-state index in [0.29, 0.717) is 42.9 Å². The summed E-state index contributed by atoms with van der Waals surface area (Å²) in [4.78, 5) is 25.4. The number of aliphatic carboxylic acids is 1. The summed E-state index contributed by atoms with van der Waals surface area (Å²) < 4.78 is 5.11. The number of amides is 1. The summed E-state index contributed by atoms with van der Waals surface area (Å²) in [6.07, 6.45) is 0.885. The molecular weight excluding hydrogens is 272 g/mol. The van der Waals surface area contributed by atoms with Crippen LogP contribution in [0.2, 0.25) is 0 Å². The van der Waals surface area contributed by atoms with Crippen LogP contribution in [0.25, 0.3) is 0 Å². The third-order valence-electron chi connectivity index (χ3n) is 4.16. The highest BCUT2D eigenvalue weighted by Crippen LogP contribution is 2.32. The van der Waals surface area contributed by atoms with Crippen molar-refractivity contribution in [2.75, 3.05) is 25.9 Å². The minimum Gasteiger partial charge on any atom is -0.497 e. The van der Waals surface area contributed by atoms with Crippen LogP contribution in [0.3, 0.4) is 0 Å². The molecule has 0 aromatic heterocycles. The number of carbonyl (C=O) groups is 2. The maximum absolute atomic E-state index is 12.5. The van der Waals surface area contributed by atoms with Crippen LogP contribution in [-0.4, -0.2) is 42.1 Å². The Hall–Kier alpha value is -2.24. The number of carboxylic acids is 1. The molecule has 0 saturated carbocycles. The molecule has 1 heterocycles. The van der Waals surface area contributed by atoms with Crippen molar-refractivity contribution in [2.24, 2.45) is 5.41 Å². The van der Waals surface area contributed by atoms with E-state index in [2.05, 4.69) is 0 Å². The smallest absolute Gasteiger partial charge is 0.309 e. The molecule has 0 spiro atoms. The minimum absolute atomic E-state index is 0.182. The van der Waals surface area contributed by atoms with Gasteiger partial charge in [-0.2, -0.15) is 0 Å². The summed E-state index contributed by atoms with van der Waals surface area (Å²) in [5.74, 6) is -0.422. The number of nitrogens with zero attached hydrogens (tertiary/aromatic N) is 1. The number of carbonyl (C=O) groups excluding carboxylic acids is 1. The average Bonchev–Trinajstić information content (AvgIpc) is 2.48. The molecule has 0 unspecified atom stereocenters. The number of piperidine rings is 1. The molecule has 0 atom stereocenters. The molecule has 1 saturated heterocycles. The van der Waals surface area contributed by atoms with Gasteiger partial charge in [-0.3, -0.25) is 9.59 Å². The topological polar surface area (TPSA) is 92.9 Å².